The van der Waals surface area contributed by atoms with Gasteiger partial charge < -0.3 is 15.4 Å². The maximum absolute atomic E-state index is 13.9. The van der Waals surface area contributed by atoms with Crippen LogP contribution in [0.3, 0.4) is 0 Å². The minimum atomic E-state index is -0.834. The molecular weight excluding hydrogens is 254 g/mol. The van der Waals surface area contributed by atoms with Crippen LogP contribution in [0.1, 0.15) is 25.7 Å². The van der Waals surface area contributed by atoms with Gasteiger partial charge in [-0.25, -0.2) is 19.6 Å². The highest BCUT2D eigenvalue weighted by atomic mass is 19.1. The van der Waals surface area contributed by atoms with Crippen molar-refractivity contribution in [3.63, 3.8) is 0 Å². The van der Waals surface area contributed by atoms with Gasteiger partial charge in [0, 0.05) is 18.7 Å². The van der Waals surface area contributed by atoms with Crippen molar-refractivity contribution in [2.45, 2.75) is 31.7 Å². The molecule has 0 atom stereocenters. The van der Waals surface area contributed by atoms with Crippen LogP contribution in [-0.2, 0) is 0 Å². The predicted molar refractivity (Wildman–Crippen MR) is 68.7 cm³/mol. The Morgan fingerprint density at radius 1 is 1.37 bits per heavy atom. The number of nitrogen functional groups attached to an aromatic ring is 1. The lowest BCUT2D eigenvalue weighted by molar-refractivity contribution is 0.296. The van der Waals surface area contributed by atoms with Crippen LogP contribution in [0.2, 0.25) is 0 Å². The summed E-state index contributed by atoms with van der Waals surface area (Å²) in [4.78, 5) is 5.58. The number of hydrazine groups is 1. The smallest absolute Gasteiger partial charge is 0.178 e. The number of nitrogens with one attached hydrogen (secondary N) is 1. The molecule has 0 unspecified atom stereocenters. The molecule has 0 aromatic carbocycles. The second-order valence-corrected chi connectivity index (χ2v) is 4.62. The molecule has 1 aliphatic carbocycles. The number of aliphatic hydroxyl groups excluding tert-OH is 1. The molecule has 1 saturated carbocycles. The fourth-order valence-corrected chi connectivity index (χ4v) is 2.54. The van der Waals surface area contributed by atoms with E-state index in [1.54, 1.807) is 4.90 Å². The van der Waals surface area contributed by atoms with Gasteiger partial charge in [-0.1, -0.05) is 12.8 Å². The Labute approximate surface area is 110 Å². The fourth-order valence-electron chi connectivity index (χ4n) is 2.54. The Bertz CT molecular complexity index is 438. The molecule has 0 spiro atoms. The molecule has 106 valence electrons. The summed E-state index contributed by atoms with van der Waals surface area (Å²) in [6.45, 7) is 0.157. The molecule has 0 amide bonds. The zero-order chi connectivity index (χ0) is 13.8. The van der Waals surface area contributed by atoms with Crippen LogP contribution < -0.4 is 16.2 Å². The molecular formula is C12H18F2N4O. The summed E-state index contributed by atoms with van der Waals surface area (Å²) in [6, 6.07) is 0.891. The molecule has 5 nitrogen and oxygen atoms in total. The molecule has 0 radical (unpaired) electrons. The van der Waals surface area contributed by atoms with E-state index in [4.69, 9.17) is 10.9 Å². The van der Waals surface area contributed by atoms with Crippen LogP contribution in [0, 0.1) is 11.6 Å². The van der Waals surface area contributed by atoms with E-state index in [0.29, 0.717) is 0 Å². The molecule has 0 aliphatic heterocycles. The first-order valence-corrected chi connectivity index (χ1v) is 6.37. The number of nitrogens with zero attached hydrogens (tertiary/aromatic N) is 2. The van der Waals surface area contributed by atoms with Gasteiger partial charge in [0.15, 0.2) is 23.3 Å². The van der Waals surface area contributed by atoms with Crippen LogP contribution >= 0.6 is 0 Å². The van der Waals surface area contributed by atoms with E-state index in [-0.39, 0.29) is 30.8 Å². The van der Waals surface area contributed by atoms with E-state index in [0.717, 1.165) is 31.7 Å². The number of halogens is 2. The van der Waals surface area contributed by atoms with Gasteiger partial charge in [-0.3, -0.25) is 0 Å². The van der Waals surface area contributed by atoms with Crippen LogP contribution in [0.5, 0.6) is 0 Å². The first-order chi connectivity index (χ1) is 9.17. The molecule has 1 aromatic heterocycles. The van der Waals surface area contributed by atoms with Crippen molar-refractivity contribution in [2.24, 2.45) is 5.84 Å². The van der Waals surface area contributed by atoms with Gasteiger partial charge in [0.05, 0.1) is 6.61 Å². The van der Waals surface area contributed by atoms with Crippen LogP contribution in [-0.4, -0.2) is 29.3 Å². The average Bonchev–Trinajstić information content (AvgIpc) is 2.90. The van der Waals surface area contributed by atoms with Gasteiger partial charge in [-0.2, -0.15) is 0 Å². The highest BCUT2D eigenvalue weighted by molar-refractivity contribution is 5.49. The maximum Gasteiger partial charge on any atom is 0.178 e. The Balaban J connectivity index is 2.34. The standard InChI is InChI=1S/C12H18F2N4O/c13-9-7-10(14)12(16-11(9)17-15)18(5-6-19)8-3-1-2-4-8/h7-8,19H,1-6,15H2,(H,16,17). The highest BCUT2D eigenvalue weighted by Gasteiger charge is 2.26. The first-order valence-electron chi connectivity index (χ1n) is 6.37. The summed E-state index contributed by atoms with van der Waals surface area (Å²) in [7, 11) is 0. The molecule has 0 saturated heterocycles. The summed E-state index contributed by atoms with van der Waals surface area (Å²) >= 11 is 0. The molecule has 2 rings (SSSR count). The van der Waals surface area contributed by atoms with E-state index >= 15 is 0 Å². The Morgan fingerprint density at radius 3 is 2.63 bits per heavy atom. The number of rotatable bonds is 5. The van der Waals surface area contributed by atoms with Gasteiger partial charge in [-0.15, -0.1) is 0 Å². The van der Waals surface area contributed by atoms with Crippen molar-refractivity contribution in [2.75, 3.05) is 23.5 Å². The van der Waals surface area contributed by atoms with Crippen molar-refractivity contribution in [3.8, 4) is 0 Å². The van der Waals surface area contributed by atoms with Crippen molar-refractivity contribution >= 4 is 11.6 Å². The van der Waals surface area contributed by atoms with E-state index < -0.39 is 11.6 Å². The van der Waals surface area contributed by atoms with Gasteiger partial charge >= 0.3 is 0 Å². The van der Waals surface area contributed by atoms with E-state index in [1.807, 2.05) is 0 Å². The highest BCUT2D eigenvalue weighted by Crippen LogP contribution is 2.30. The molecule has 4 N–H and O–H groups in total. The first kappa shape index (κ1) is 14.0. The van der Waals surface area contributed by atoms with Gasteiger partial charge in [0.1, 0.15) is 0 Å². The molecule has 19 heavy (non-hydrogen) atoms. The Kier molecular flexibility index (Phi) is 4.49. The van der Waals surface area contributed by atoms with E-state index in [2.05, 4.69) is 10.4 Å². The van der Waals surface area contributed by atoms with Gasteiger partial charge in [0.2, 0.25) is 0 Å². The van der Waals surface area contributed by atoms with Gasteiger partial charge in [0.25, 0.3) is 0 Å². The maximum atomic E-state index is 13.9. The Hall–Kier alpha value is -1.47. The number of pyridine rings is 1. The number of aromatic nitrogens is 1. The van der Waals surface area contributed by atoms with E-state index in [9.17, 15) is 8.78 Å². The predicted octanol–water partition coefficient (Wildman–Crippen LogP) is 1.39. The minimum Gasteiger partial charge on any atom is -0.395 e. The third-order valence-corrected chi connectivity index (χ3v) is 3.43. The van der Waals surface area contributed by atoms with Crippen molar-refractivity contribution in [1.29, 1.82) is 0 Å². The van der Waals surface area contributed by atoms with Crippen molar-refractivity contribution in [3.05, 3.63) is 17.7 Å². The molecule has 1 aromatic rings. The number of aliphatic hydroxyl groups is 1. The van der Waals surface area contributed by atoms with Gasteiger partial charge in [-0.05, 0) is 12.8 Å². The SMILES string of the molecule is NNc1nc(N(CCO)C2CCCC2)c(F)cc1F. The molecule has 1 fully saturated rings. The lowest BCUT2D eigenvalue weighted by atomic mass is 10.2. The zero-order valence-electron chi connectivity index (χ0n) is 10.6. The minimum absolute atomic E-state index is 0.0373. The number of hydrogen-bond donors (Lipinski definition) is 3. The quantitative estimate of drug-likeness (QED) is 0.558. The molecule has 7 heteroatoms. The average molecular weight is 272 g/mol. The largest absolute Gasteiger partial charge is 0.395 e. The summed E-state index contributed by atoms with van der Waals surface area (Å²) < 4.78 is 27.2. The molecule has 1 aliphatic rings. The summed E-state index contributed by atoms with van der Waals surface area (Å²) in [6.07, 6.45) is 3.97. The lowest BCUT2D eigenvalue weighted by Crippen LogP contribution is -2.37. The molecule has 0 bridgehead atoms. The number of anilines is 2. The van der Waals surface area contributed by atoms with Crippen LogP contribution in [0.25, 0.3) is 0 Å². The second-order valence-electron chi connectivity index (χ2n) is 4.62. The summed E-state index contributed by atoms with van der Waals surface area (Å²) in [5, 5.41) is 9.12. The number of nitrogens with two attached hydrogens (primary N) is 1. The lowest BCUT2D eigenvalue weighted by Gasteiger charge is -2.30. The third kappa shape index (κ3) is 2.93. The van der Waals surface area contributed by atoms with Crippen LogP contribution in [0.15, 0.2) is 6.07 Å². The third-order valence-electron chi connectivity index (χ3n) is 3.43. The summed E-state index contributed by atoms with van der Waals surface area (Å²) in [5.41, 5.74) is 2.11. The summed E-state index contributed by atoms with van der Waals surface area (Å²) in [5.74, 6) is 3.42. The van der Waals surface area contributed by atoms with Crippen LogP contribution in [0.4, 0.5) is 20.4 Å². The topological polar surface area (TPSA) is 74.4 Å². The van der Waals surface area contributed by atoms with E-state index in [1.165, 1.54) is 0 Å². The molecule has 1 heterocycles. The van der Waals surface area contributed by atoms with Crippen molar-refractivity contribution in [1.82, 2.24) is 4.98 Å². The zero-order valence-corrected chi connectivity index (χ0v) is 10.6. The number of hydrogen-bond acceptors (Lipinski definition) is 5. The fraction of sp³-hybridized carbons (Fsp3) is 0.583. The second kappa shape index (κ2) is 6.12. The van der Waals surface area contributed by atoms with Crippen molar-refractivity contribution < 1.29 is 13.9 Å². The Morgan fingerprint density at radius 2 is 2.05 bits per heavy atom. The monoisotopic (exact) mass is 272 g/mol. The normalized spacial score (nSPS) is 15.8.